The Balaban J connectivity index is 2.64. The largest absolute Gasteiger partial charge is 0.491 e. The zero-order chi connectivity index (χ0) is 15.0. The molecule has 1 aromatic rings. The third kappa shape index (κ3) is 5.48. The first-order chi connectivity index (χ1) is 9.48. The Morgan fingerprint density at radius 1 is 1.35 bits per heavy atom. The van der Waals surface area contributed by atoms with Crippen molar-refractivity contribution in [2.45, 2.75) is 39.2 Å². The Kier molecular flexibility index (Phi) is 6.31. The predicted molar refractivity (Wildman–Crippen MR) is 80.2 cm³/mol. The van der Waals surface area contributed by atoms with Gasteiger partial charge in [0, 0.05) is 0 Å². The van der Waals surface area contributed by atoms with Gasteiger partial charge in [-0.15, -0.1) is 0 Å². The second-order valence-corrected chi connectivity index (χ2v) is 5.32. The summed E-state index contributed by atoms with van der Waals surface area (Å²) in [5, 5.41) is 14.6. The normalized spacial score (nSPS) is 11.0. The molecule has 1 aromatic carbocycles. The number of para-hydroxylation sites is 2. The smallest absolute Gasteiger partial charge is 0.319 e. The van der Waals surface area contributed by atoms with Gasteiger partial charge in [0.25, 0.3) is 0 Å². The SMILES string of the molecule is CCCCOc1ccccc1NC(=O)NC(C)(C)CO. The van der Waals surface area contributed by atoms with E-state index in [0.717, 1.165) is 12.8 Å². The number of amides is 2. The molecule has 5 heteroatoms. The lowest BCUT2D eigenvalue weighted by Crippen LogP contribution is -2.48. The highest BCUT2D eigenvalue weighted by atomic mass is 16.5. The minimum atomic E-state index is -0.665. The van der Waals surface area contributed by atoms with Crippen molar-refractivity contribution in [1.82, 2.24) is 5.32 Å². The maximum atomic E-state index is 11.9. The van der Waals surface area contributed by atoms with Gasteiger partial charge < -0.3 is 20.5 Å². The fourth-order valence-electron chi connectivity index (χ4n) is 1.52. The molecule has 0 saturated carbocycles. The number of hydrogen-bond donors (Lipinski definition) is 3. The minimum Gasteiger partial charge on any atom is -0.491 e. The average Bonchev–Trinajstić information content (AvgIpc) is 2.40. The number of aliphatic hydroxyl groups is 1. The summed E-state index contributed by atoms with van der Waals surface area (Å²) in [7, 11) is 0. The van der Waals surface area contributed by atoms with Gasteiger partial charge in [-0.1, -0.05) is 25.5 Å². The number of anilines is 1. The molecule has 0 saturated heterocycles. The van der Waals surface area contributed by atoms with Crippen LogP contribution in [0.2, 0.25) is 0 Å². The van der Waals surface area contributed by atoms with Crippen molar-refractivity contribution < 1.29 is 14.6 Å². The van der Waals surface area contributed by atoms with Crippen LogP contribution in [0.4, 0.5) is 10.5 Å². The molecule has 0 aromatic heterocycles. The number of nitrogens with one attached hydrogen (secondary N) is 2. The lowest BCUT2D eigenvalue weighted by atomic mass is 10.1. The topological polar surface area (TPSA) is 70.6 Å². The highest BCUT2D eigenvalue weighted by Crippen LogP contribution is 2.24. The summed E-state index contributed by atoms with van der Waals surface area (Å²) in [5.41, 5.74) is -0.0444. The van der Waals surface area contributed by atoms with Crippen molar-refractivity contribution in [3.8, 4) is 5.75 Å². The minimum absolute atomic E-state index is 0.130. The fraction of sp³-hybridized carbons (Fsp3) is 0.533. The van der Waals surface area contributed by atoms with Crippen LogP contribution in [0.1, 0.15) is 33.6 Å². The Hall–Kier alpha value is -1.75. The highest BCUT2D eigenvalue weighted by molar-refractivity contribution is 5.91. The van der Waals surface area contributed by atoms with E-state index in [0.29, 0.717) is 18.0 Å². The number of unbranched alkanes of at least 4 members (excludes halogenated alkanes) is 1. The van der Waals surface area contributed by atoms with E-state index in [1.807, 2.05) is 18.2 Å². The van der Waals surface area contributed by atoms with Crippen molar-refractivity contribution in [2.24, 2.45) is 0 Å². The predicted octanol–water partition coefficient (Wildman–Crippen LogP) is 2.76. The van der Waals surface area contributed by atoms with Crippen LogP contribution in [0.3, 0.4) is 0 Å². The van der Waals surface area contributed by atoms with Crippen LogP contribution in [-0.4, -0.2) is 29.9 Å². The second kappa shape index (κ2) is 7.75. The molecule has 0 unspecified atom stereocenters. The summed E-state index contributed by atoms with van der Waals surface area (Å²) in [6.07, 6.45) is 2.03. The molecule has 0 aliphatic heterocycles. The summed E-state index contributed by atoms with van der Waals surface area (Å²) in [5.74, 6) is 0.651. The molecule has 1 rings (SSSR count). The molecule has 0 heterocycles. The van der Waals surface area contributed by atoms with Crippen LogP contribution in [0, 0.1) is 0 Å². The van der Waals surface area contributed by atoms with Gasteiger partial charge in [-0.25, -0.2) is 4.79 Å². The number of ether oxygens (including phenoxy) is 1. The van der Waals surface area contributed by atoms with Gasteiger partial charge in [0.2, 0.25) is 0 Å². The molecule has 3 N–H and O–H groups in total. The quantitative estimate of drug-likeness (QED) is 0.673. The molecule has 20 heavy (non-hydrogen) atoms. The van der Waals surface area contributed by atoms with Crippen molar-refractivity contribution >= 4 is 11.7 Å². The van der Waals surface area contributed by atoms with E-state index in [2.05, 4.69) is 17.6 Å². The zero-order valence-electron chi connectivity index (χ0n) is 12.4. The first kappa shape index (κ1) is 16.3. The summed E-state index contributed by atoms with van der Waals surface area (Å²) >= 11 is 0. The molecule has 5 nitrogen and oxygen atoms in total. The summed E-state index contributed by atoms with van der Waals surface area (Å²) in [4.78, 5) is 11.9. The van der Waals surface area contributed by atoms with Crippen molar-refractivity contribution in [3.05, 3.63) is 24.3 Å². The molecule has 0 spiro atoms. The van der Waals surface area contributed by atoms with E-state index in [1.54, 1.807) is 19.9 Å². The van der Waals surface area contributed by atoms with Gasteiger partial charge in [-0.2, -0.15) is 0 Å². The van der Waals surface area contributed by atoms with Gasteiger partial charge >= 0.3 is 6.03 Å². The monoisotopic (exact) mass is 280 g/mol. The van der Waals surface area contributed by atoms with Crippen LogP contribution in [0.25, 0.3) is 0 Å². The molecule has 112 valence electrons. The molecule has 0 bridgehead atoms. The molecule has 0 aliphatic carbocycles. The number of hydrogen-bond acceptors (Lipinski definition) is 3. The molecule has 2 amide bonds. The van der Waals surface area contributed by atoms with Crippen LogP contribution >= 0.6 is 0 Å². The Morgan fingerprint density at radius 2 is 2.05 bits per heavy atom. The van der Waals surface area contributed by atoms with Crippen LogP contribution in [-0.2, 0) is 0 Å². The number of aliphatic hydroxyl groups excluding tert-OH is 1. The number of carbonyl (C=O) groups excluding carboxylic acids is 1. The third-order valence-corrected chi connectivity index (χ3v) is 2.74. The Morgan fingerprint density at radius 3 is 2.70 bits per heavy atom. The third-order valence-electron chi connectivity index (χ3n) is 2.74. The van der Waals surface area contributed by atoms with Crippen molar-refractivity contribution in [2.75, 3.05) is 18.5 Å². The maximum Gasteiger partial charge on any atom is 0.319 e. The van der Waals surface area contributed by atoms with Crippen LogP contribution < -0.4 is 15.4 Å². The number of carbonyl (C=O) groups is 1. The molecular weight excluding hydrogens is 256 g/mol. The van der Waals surface area contributed by atoms with E-state index >= 15 is 0 Å². The van der Waals surface area contributed by atoms with Gasteiger partial charge in [0.1, 0.15) is 5.75 Å². The lowest BCUT2D eigenvalue weighted by molar-refractivity contribution is 0.187. The molecule has 0 aliphatic rings. The lowest BCUT2D eigenvalue weighted by Gasteiger charge is -2.24. The Labute approximate surface area is 120 Å². The zero-order valence-corrected chi connectivity index (χ0v) is 12.4. The van der Waals surface area contributed by atoms with Crippen LogP contribution in [0.15, 0.2) is 24.3 Å². The van der Waals surface area contributed by atoms with Crippen LogP contribution in [0.5, 0.6) is 5.75 Å². The van der Waals surface area contributed by atoms with E-state index in [9.17, 15) is 4.79 Å². The Bertz CT molecular complexity index is 433. The fourth-order valence-corrected chi connectivity index (χ4v) is 1.52. The van der Waals surface area contributed by atoms with Crippen molar-refractivity contribution in [3.63, 3.8) is 0 Å². The molecule has 0 radical (unpaired) electrons. The van der Waals surface area contributed by atoms with Crippen molar-refractivity contribution in [1.29, 1.82) is 0 Å². The summed E-state index contributed by atoms with van der Waals surface area (Å²) < 4.78 is 5.64. The number of rotatable bonds is 7. The van der Waals surface area contributed by atoms with Gasteiger partial charge in [-0.3, -0.25) is 0 Å². The number of benzene rings is 1. The molecule has 0 fully saturated rings. The van der Waals surface area contributed by atoms with E-state index < -0.39 is 5.54 Å². The maximum absolute atomic E-state index is 11.9. The van der Waals surface area contributed by atoms with E-state index in [4.69, 9.17) is 9.84 Å². The van der Waals surface area contributed by atoms with E-state index in [-0.39, 0.29) is 12.6 Å². The van der Waals surface area contributed by atoms with Gasteiger partial charge in [-0.05, 0) is 32.4 Å². The number of urea groups is 1. The molecule has 0 atom stereocenters. The van der Waals surface area contributed by atoms with Gasteiger partial charge in [0.05, 0.1) is 24.4 Å². The van der Waals surface area contributed by atoms with E-state index in [1.165, 1.54) is 0 Å². The second-order valence-electron chi connectivity index (χ2n) is 5.32. The standard InChI is InChI=1S/C15H24N2O3/c1-4-5-10-20-13-9-7-6-8-12(13)16-14(19)17-15(2,3)11-18/h6-9,18H,4-5,10-11H2,1-3H3,(H2,16,17,19). The first-order valence-corrected chi connectivity index (χ1v) is 6.90. The first-order valence-electron chi connectivity index (χ1n) is 6.90. The summed E-state index contributed by atoms with van der Waals surface area (Å²) in [6.45, 7) is 6.08. The summed E-state index contributed by atoms with van der Waals surface area (Å²) in [6, 6.07) is 6.94. The average molecular weight is 280 g/mol. The molecular formula is C15H24N2O3. The van der Waals surface area contributed by atoms with Gasteiger partial charge in [0.15, 0.2) is 0 Å². The highest BCUT2D eigenvalue weighted by Gasteiger charge is 2.19.